The summed E-state index contributed by atoms with van der Waals surface area (Å²) in [5.74, 6) is -5.89. The molecule has 3 nitrogen and oxygen atoms in total. The second kappa shape index (κ2) is 6.46. The molecule has 0 unspecified atom stereocenters. The fourth-order valence-electron chi connectivity index (χ4n) is 2.44. The summed E-state index contributed by atoms with van der Waals surface area (Å²) in [6.45, 7) is 0. The lowest BCUT2D eigenvalue weighted by atomic mass is 9.95. The van der Waals surface area contributed by atoms with Gasteiger partial charge in [-0.1, -0.05) is 12.1 Å². The van der Waals surface area contributed by atoms with Crippen molar-refractivity contribution in [2.24, 2.45) is 0 Å². The van der Waals surface area contributed by atoms with Crippen LogP contribution in [0.2, 0.25) is 0 Å². The van der Waals surface area contributed by atoms with Gasteiger partial charge in [0.1, 0.15) is 23.3 Å². The smallest absolute Gasteiger partial charge is 0.242 e. The van der Waals surface area contributed by atoms with E-state index >= 15 is 0 Å². The Kier molecular flexibility index (Phi) is 4.35. The molecule has 0 saturated carbocycles. The third-order valence-corrected chi connectivity index (χ3v) is 3.48. The van der Waals surface area contributed by atoms with Gasteiger partial charge in [0.25, 0.3) is 0 Å². The number of halogens is 5. The lowest BCUT2D eigenvalue weighted by Crippen LogP contribution is -2.04. The van der Waals surface area contributed by atoms with Crippen LogP contribution in [0.15, 0.2) is 36.4 Å². The first-order valence-electron chi connectivity index (χ1n) is 6.93. The highest BCUT2D eigenvalue weighted by Gasteiger charge is 2.26. The number of methoxy groups -OCH3 is 1. The first kappa shape index (κ1) is 16.8. The van der Waals surface area contributed by atoms with Crippen molar-refractivity contribution in [3.8, 4) is 28.1 Å². The molecule has 3 rings (SSSR count). The first-order chi connectivity index (χ1) is 11.9. The second-order valence-electron chi connectivity index (χ2n) is 5.00. The topological polar surface area (TPSA) is 35.0 Å². The summed E-state index contributed by atoms with van der Waals surface area (Å²) < 4.78 is 74.0. The van der Waals surface area contributed by atoms with E-state index in [2.05, 4.69) is 10.2 Å². The van der Waals surface area contributed by atoms with Crippen LogP contribution in [0, 0.1) is 29.2 Å². The molecule has 128 valence electrons. The predicted molar refractivity (Wildman–Crippen MR) is 79.2 cm³/mol. The Labute approximate surface area is 138 Å². The molecule has 0 radical (unpaired) electrons. The van der Waals surface area contributed by atoms with Gasteiger partial charge in [-0.05, 0) is 17.7 Å². The highest BCUT2D eigenvalue weighted by Crippen LogP contribution is 2.40. The van der Waals surface area contributed by atoms with Crippen molar-refractivity contribution < 1.29 is 26.7 Å². The van der Waals surface area contributed by atoms with Gasteiger partial charge < -0.3 is 4.74 Å². The number of ether oxygens (including phenoxy) is 1. The van der Waals surface area contributed by atoms with Crippen LogP contribution in [0.1, 0.15) is 0 Å². The highest BCUT2D eigenvalue weighted by molar-refractivity contribution is 5.86. The zero-order valence-electron chi connectivity index (χ0n) is 12.7. The van der Waals surface area contributed by atoms with Gasteiger partial charge in [0.05, 0.1) is 23.8 Å². The molecule has 0 bridgehead atoms. The molecule has 25 heavy (non-hydrogen) atoms. The van der Waals surface area contributed by atoms with Crippen LogP contribution in [-0.4, -0.2) is 17.3 Å². The van der Waals surface area contributed by atoms with Crippen molar-refractivity contribution in [3.05, 3.63) is 65.6 Å². The fourth-order valence-corrected chi connectivity index (χ4v) is 2.44. The molecule has 0 aliphatic heterocycles. The Morgan fingerprint density at radius 1 is 0.720 bits per heavy atom. The van der Waals surface area contributed by atoms with Crippen molar-refractivity contribution in [3.63, 3.8) is 0 Å². The third kappa shape index (κ3) is 3.02. The average molecular weight is 352 g/mol. The number of nitrogens with zero attached hydrogens (tertiary/aromatic N) is 2. The van der Waals surface area contributed by atoms with Crippen molar-refractivity contribution in [2.75, 3.05) is 7.11 Å². The molecule has 1 heterocycles. The quantitative estimate of drug-likeness (QED) is 0.651. The predicted octanol–water partition coefficient (Wildman–Crippen LogP) is 4.51. The number of hydrogen-bond acceptors (Lipinski definition) is 3. The molecular weight excluding hydrogens is 343 g/mol. The standard InChI is InChI=1S/C17H9F5N2O/c1-25-17-13(8-2-4-9(18)5-3-8)15(16(22)23-24-17)14-11(20)6-10(19)7-12(14)21/h2-7H,1H3. The Morgan fingerprint density at radius 2 is 1.32 bits per heavy atom. The van der Waals surface area contributed by atoms with Gasteiger partial charge >= 0.3 is 0 Å². The minimum absolute atomic E-state index is 0.139. The molecule has 0 amide bonds. The molecule has 0 saturated heterocycles. The van der Waals surface area contributed by atoms with Gasteiger partial charge in [0.15, 0.2) is 0 Å². The van der Waals surface area contributed by atoms with E-state index in [9.17, 15) is 22.0 Å². The molecule has 0 atom stereocenters. The van der Waals surface area contributed by atoms with E-state index in [-0.39, 0.29) is 17.0 Å². The minimum Gasteiger partial charge on any atom is -0.479 e. The Morgan fingerprint density at radius 3 is 1.88 bits per heavy atom. The summed E-state index contributed by atoms with van der Waals surface area (Å²) in [4.78, 5) is 0. The molecule has 0 fully saturated rings. The Bertz CT molecular complexity index is 922. The van der Waals surface area contributed by atoms with E-state index in [1.807, 2.05) is 0 Å². The molecule has 2 aromatic carbocycles. The van der Waals surface area contributed by atoms with E-state index in [4.69, 9.17) is 4.74 Å². The molecule has 0 aliphatic rings. The van der Waals surface area contributed by atoms with Gasteiger partial charge in [-0.3, -0.25) is 0 Å². The maximum atomic E-state index is 14.3. The molecule has 0 spiro atoms. The lowest BCUT2D eigenvalue weighted by molar-refractivity contribution is 0.388. The zero-order chi connectivity index (χ0) is 18.1. The minimum atomic E-state index is -1.32. The number of aromatic nitrogens is 2. The van der Waals surface area contributed by atoms with Crippen molar-refractivity contribution in [2.45, 2.75) is 0 Å². The third-order valence-electron chi connectivity index (χ3n) is 3.48. The molecule has 1 aromatic heterocycles. The van der Waals surface area contributed by atoms with Crippen LogP contribution >= 0.6 is 0 Å². The largest absolute Gasteiger partial charge is 0.479 e. The van der Waals surface area contributed by atoms with Gasteiger partial charge in [-0.2, -0.15) is 4.39 Å². The van der Waals surface area contributed by atoms with Crippen LogP contribution in [0.3, 0.4) is 0 Å². The van der Waals surface area contributed by atoms with E-state index in [0.717, 1.165) is 12.1 Å². The summed E-state index contributed by atoms with van der Waals surface area (Å²) in [7, 11) is 1.20. The van der Waals surface area contributed by atoms with Crippen molar-refractivity contribution in [1.82, 2.24) is 10.2 Å². The van der Waals surface area contributed by atoms with Crippen LogP contribution in [-0.2, 0) is 0 Å². The molecule has 0 aliphatic carbocycles. The van der Waals surface area contributed by atoms with E-state index in [0.29, 0.717) is 12.1 Å². The molecule has 0 N–H and O–H groups in total. The molecule has 8 heteroatoms. The van der Waals surface area contributed by atoms with Crippen molar-refractivity contribution >= 4 is 0 Å². The summed E-state index contributed by atoms with van der Waals surface area (Å²) in [5.41, 5.74) is -1.38. The zero-order valence-corrected chi connectivity index (χ0v) is 12.7. The van der Waals surface area contributed by atoms with Gasteiger partial charge in [-0.25, -0.2) is 17.6 Å². The van der Waals surface area contributed by atoms with E-state index < -0.39 is 40.3 Å². The van der Waals surface area contributed by atoms with E-state index in [1.54, 1.807) is 0 Å². The monoisotopic (exact) mass is 352 g/mol. The first-order valence-corrected chi connectivity index (χ1v) is 6.93. The number of benzene rings is 2. The van der Waals surface area contributed by atoms with Gasteiger partial charge in [0, 0.05) is 12.1 Å². The molecule has 3 aromatic rings. The summed E-state index contributed by atoms with van der Waals surface area (Å²) >= 11 is 0. The van der Waals surface area contributed by atoms with E-state index in [1.165, 1.54) is 19.2 Å². The molecular formula is C17H9F5N2O. The summed E-state index contributed by atoms with van der Waals surface area (Å²) in [6.07, 6.45) is 0. The van der Waals surface area contributed by atoms with Gasteiger partial charge in [0.2, 0.25) is 11.8 Å². The highest BCUT2D eigenvalue weighted by atomic mass is 19.2. The van der Waals surface area contributed by atoms with Crippen LogP contribution in [0.25, 0.3) is 22.3 Å². The summed E-state index contributed by atoms with van der Waals surface area (Å²) in [5, 5.41) is 6.69. The maximum absolute atomic E-state index is 14.3. The normalized spacial score (nSPS) is 10.8. The van der Waals surface area contributed by atoms with Crippen LogP contribution in [0.4, 0.5) is 22.0 Å². The SMILES string of the molecule is COc1nnc(F)c(-c2c(F)cc(F)cc2F)c1-c1ccc(F)cc1. The second-order valence-corrected chi connectivity index (χ2v) is 5.00. The Balaban J connectivity index is 2.39. The van der Waals surface area contributed by atoms with Crippen LogP contribution < -0.4 is 4.74 Å². The number of rotatable bonds is 3. The van der Waals surface area contributed by atoms with Crippen LogP contribution in [0.5, 0.6) is 5.88 Å². The van der Waals surface area contributed by atoms with Gasteiger partial charge in [-0.15, -0.1) is 10.2 Å². The number of hydrogen-bond donors (Lipinski definition) is 0. The average Bonchev–Trinajstić information content (AvgIpc) is 2.56. The lowest BCUT2D eigenvalue weighted by Gasteiger charge is -2.14. The fraction of sp³-hybridized carbons (Fsp3) is 0.0588. The summed E-state index contributed by atoms with van der Waals surface area (Å²) in [6, 6.07) is 5.51. The Hall–Kier alpha value is -3.03. The van der Waals surface area contributed by atoms with Crippen molar-refractivity contribution in [1.29, 1.82) is 0 Å². The maximum Gasteiger partial charge on any atom is 0.242 e.